The zero-order valence-corrected chi connectivity index (χ0v) is 17.3. The second kappa shape index (κ2) is 7.77. The van der Waals surface area contributed by atoms with Crippen molar-refractivity contribution in [2.75, 3.05) is 0 Å². The molecule has 2 fully saturated rings. The molecule has 2 bridgehead atoms. The first-order valence-corrected chi connectivity index (χ1v) is 10.7. The van der Waals surface area contributed by atoms with Gasteiger partial charge in [0.2, 0.25) is 0 Å². The zero-order chi connectivity index (χ0) is 18.7. The summed E-state index contributed by atoms with van der Waals surface area (Å²) >= 11 is 0. The minimum Gasteiger partial charge on any atom is -0.297 e. The molecule has 0 spiro atoms. The molecule has 2 aliphatic rings. The average molecular weight is 352 g/mol. The fourth-order valence-electron chi connectivity index (χ4n) is 5.51. The van der Waals surface area contributed by atoms with Crippen LogP contribution in [0.1, 0.15) is 84.6 Å². The normalized spacial score (nSPS) is 31.6. The molecule has 2 saturated carbocycles. The second-order valence-electron chi connectivity index (χ2n) is 9.35. The van der Waals surface area contributed by atoms with Gasteiger partial charge in [-0.3, -0.25) is 5.32 Å². The Morgan fingerprint density at radius 2 is 1.85 bits per heavy atom. The van der Waals surface area contributed by atoms with Gasteiger partial charge in [-0.15, -0.1) is 5.92 Å². The van der Waals surface area contributed by atoms with Crippen molar-refractivity contribution in [3.05, 3.63) is 35.9 Å². The Kier molecular flexibility index (Phi) is 5.83. The first-order valence-electron chi connectivity index (χ1n) is 10.7. The molecule has 0 aromatic heterocycles. The molecule has 26 heavy (non-hydrogen) atoms. The summed E-state index contributed by atoms with van der Waals surface area (Å²) < 4.78 is 0. The van der Waals surface area contributed by atoms with Crippen molar-refractivity contribution in [1.82, 2.24) is 5.32 Å². The third-order valence-electron chi connectivity index (χ3n) is 7.82. The van der Waals surface area contributed by atoms with E-state index in [-0.39, 0.29) is 11.0 Å². The van der Waals surface area contributed by atoms with Gasteiger partial charge in [0.1, 0.15) is 0 Å². The minimum absolute atomic E-state index is 0.0278. The lowest BCUT2D eigenvalue weighted by Crippen LogP contribution is -2.56. The third kappa shape index (κ3) is 3.34. The predicted molar refractivity (Wildman–Crippen MR) is 112 cm³/mol. The summed E-state index contributed by atoms with van der Waals surface area (Å²) in [6.07, 6.45) is 10.1. The summed E-state index contributed by atoms with van der Waals surface area (Å²) in [5.41, 5.74) is 1.96. The van der Waals surface area contributed by atoms with Gasteiger partial charge in [0.15, 0.2) is 0 Å². The van der Waals surface area contributed by atoms with E-state index in [4.69, 9.17) is 0 Å². The van der Waals surface area contributed by atoms with Crippen LogP contribution in [0, 0.1) is 28.6 Å². The molecule has 1 aromatic rings. The topological polar surface area (TPSA) is 12.0 Å². The van der Waals surface area contributed by atoms with Crippen LogP contribution in [0.4, 0.5) is 0 Å². The van der Waals surface area contributed by atoms with E-state index >= 15 is 0 Å². The zero-order valence-electron chi connectivity index (χ0n) is 17.3. The Balaban J connectivity index is 1.78. The summed E-state index contributed by atoms with van der Waals surface area (Å²) in [4.78, 5) is 0. The number of benzene rings is 1. The van der Waals surface area contributed by atoms with Crippen molar-refractivity contribution in [2.45, 2.75) is 91.1 Å². The Morgan fingerprint density at radius 1 is 1.08 bits per heavy atom. The van der Waals surface area contributed by atoms with Crippen molar-refractivity contribution in [3.8, 4) is 11.8 Å². The Bertz CT molecular complexity index is 650. The minimum atomic E-state index is -0.0278. The van der Waals surface area contributed by atoms with E-state index in [1.54, 1.807) is 0 Å². The molecule has 0 aliphatic heterocycles. The van der Waals surface area contributed by atoms with Crippen LogP contribution in [-0.2, 0) is 6.54 Å². The summed E-state index contributed by atoms with van der Waals surface area (Å²) in [6, 6.07) is 10.8. The summed E-state index contributed by atoms with van der Waals surface area (Å²) in [5.74, 6) is 8.20. The van der Waals surface area contributed by atoms with Crippen molar-refractivity contribution in [3.63, 3.8) is 0 Å². The maximum atomic E-state index is 3.97. The molecule has 1 aromatic carbocycles. The molecule has 3 atom stereocenters. The number of fused-ring (bicyclic) bond motifs is 2. The summed E-state index contributed by atoms with van der Waals surface area (Å²) in [5, 5.41) is 3.97. The van der Waals surface area contributed by atoms with Crippen molar-refractivity contribution in [2.24, 2.45) is 16.7 Å². The lowest BCUT2D eigenvalue weighted by molar-refractivity contribution is 0.0864. The number of nitrogens with one attached hydrogen (secondary N) is 1. The Morgan fingerprint density at radius 3 is 2.46 bits per heavy atom. The molecule has 3 unspecified atom stereocenters. The molecule has 2 aliphatic carbocycles. The van der Waals surface area contributed by atoms with Crippen molar-refractivity contribution < 1.29 is 0 Å². The van der Waals surface area contributed by atoms with E-state index in [9.17, 15) is 0 Å². The predicted octanol–water partition coefficient (Wildman–Crippen LogP) is 6.34. The van der Waals surface area contributed by atoms with Gasteiger partial charge in [-0.1, -0.05) is 83.2 Å². The average Bonchev–Trinajstić information content (AvgIpc) is 2.96. The van der Waals surface area contributed by atoms with E-state index < -0.39 is 0 Å². The van der Waals surface area contributed by atoms with Crippen LogP contribution in [-0.4, -0.2) is 5.54 Å². The maximum Gasteiger partial charge on any atom is 0.0865 e. The fraction of sp³-hybridized carbons (Fsp3) is 0.680. The highest BCUT2D eigenvalue weighted by atomic mass is 15.0. The van der Waals surface area contributed by atoms with Crippen molar-refractivity contribution in [1.29, 1.82) is 0 Å². The molecule has 1 nitrogen and oxygen atoms in total. The molecule has 1 N–H and O–H groups in total. The highest BCUT2D eigenvalue weighted by Crippen LogP contribution is 2.69. The van der Waals surface area contributed by atoms with Gasteiger partial charge in [-0.05, 0) is 42.6 Å². The summed E-state index contributed by atoms with van der Waals surface area (Å²) in [6.45, 7) is 10.7. The fourth-order valence-corrected chi connectivity index (χ4v) is 5.51. The number of unbranched alkanes of at least 4 members (excludes halogenated alkanes) is 4. The number of hydrogen-bond acceptors (Lipinski definition) is 1. The molecule has 0 radical (unpaired) electrons. The maximum absolute atomic E-state index is 3.97. The number of hydrogen-bond donors (Lipinski definition) is 1. The monoisotopic (exact) mass is 351 g/mol. The third-order valence-corrected chi connectivity index (χ3v) is 7.82. The van der Waals surface area contributed by atoms with Crippen LogP contribution < -0.4 is 5.32 Å². The molecular formula is C25H37N. The van der Waals surface area contributed by atoms with Crippen LogP contribution in [0.5, 0.6) is 0 Å². The van der Waals surface area contributed by atoms with Gasteiger partial charge in [0.25, 0.3) is 0 Å². The summed E-state index contributed by atoms with van der Waals surface area (Å²) in [7, 11) is 0. The van der Waals surface area contributed by atoms with E-state index in [1.807, 2.05) is 0 Å². The van der Waals surface area contributed by atoms with E-state index in [1.165, 1.54) is 50.5 Å². The number of rotatable bonds is 7. The lowest BCUT2D eigenvalue weighted by Gasteiger charge is -2.46. The van der Waals surface area contributed by atoms with E-state index in [2.05, 4.69) is 75.2 Å². The SMILES string of the molecule is CCCCCCC#CC1(NCc2ccccc2)CC2CCC1(C)C2(C)C. The van der Waals surface area contributed by atoms with Crippen LogP contribution in [0.2, 0.25) is 0 Å². The first-order chi connectivity index (χ1) is 12.5. The van der Waals surface area contributed by atoms with Crippen LogP contribution >= 0.6 is 0 Å². The van der Waals surface area contributed by atoms with Crippen LogP contribution in [0.3, 0.4) is 0 Å². The standard InChI is InChI=1S/C25H37N/c1-5-6-7-8-9-13-17-25(26-20-21-14-11-10-12-15-21)19-22-16-18-24(25,4)23(22,2)3/h10-12,14-15,22,26H,5-9,16,18-20H2,1-4H3. The van der Waals surface area contributed by atoms with Gasteiger partial charge in [0, 0.05) is 18.4 Å². The van der Waals surface area contributed by atoms with Crippen LogP contribution in [0.15, 0.2) is 30.3 Å². The quantitative estimate of drug-likeness (QED) is 0.447. The first kappa shape index (κ1) is 19.5. The molecule has 3 rings (SSSR count). The van der Waals surface area contributed by atoms with Crippen LogP contribution in [0.25, 0.3) is 0 Å². The van der Waals surface area contributed by atoms with Gasteiger partial charge in [0.05, 0.1) is 5.54 Å². The van der Waals surface area contributed by atoms with Gasteiger partial charge in [-0.2, -0.15) is 0 Å². The van der Waals surface area contributed by atoms with E-state index in [0.717, 1.165) is 18.9 Å². The van der Waals surface area contributed by atoms with Gasteiger partial charge < -0.3 is 0 Å². The molecule has 0 amide bonds. The highest BCUT2D eigenvalue weighted by Gasteiger charge is 2.68. The molecule has 0 saturated heterocycles. The van der Waals surface area contributed by atoms with E-state index in [0.29, 0.717) is 5.41 Å². The Hall–Kier alpha value is -1.26. The molecule has 1 heteroatoms. The lowest BCUT2D eigenvalue weighted by atomic mass is 9.63. The van der Waals surface area contributed by atoms with Crippen molar-refractivity contribution >= 4 is 0 Å². The van der Waals surface area contributed by atoms with Gasteiger partial charge in [-0.25, -0.2) is 0 Å². The second-order valence-corrected chi connectivity index (χ2v) is 9.35. The Labute approximate surface area is 161 Å². The molecular weight excluding hydrogens is 314 g/mol. The largest absolute Gasteiger partial charge is 0.297 e. The van der Waals surface area contributed by atoms with Gasteiger partial charge >= 0.3 is 0 Å². The highest BCUT2D eigenvalue weighted by molar-refractivity contribution is 5.34. The molecule has 142 valence electrons. The smallest absolute Gasteiger partial charge is 0.0865 e. The molecule has 0 heterocycles.